The molecule has 0 aliphatic carbocycles. The van der Waals surface area contributed by atoms with Crippen molar-refractivity contribution in [1.29, 1.82) is 0 Å². The third-order valence-electron chi connectivity index (χ3n) is 4.15. The second-order valence-corrected chi connectivity index (χ2v) is 5.85. The SMILES string of the molecule is O=C(Oc1ccccc1)N(c1ccccc1)c1cccc2ccccc12. The number of carbonyl (C=O) groups excluding carboxylic acids is 1. The summed E-state index contributed by atoms with van der Waals surface area (Å²) in [5.74, 6) is 0.513. The van der Waals surface area contributed by atoms with E-state index in [9.17, 15) is 4.79 Å². The predicted molar refractivity (Wildman–Crippen MR) is 105 cm³/mol. The van der Waals surface area contributed by atoms with Crippen LogP contribution in [-0.2, 0) is 0 Å². The first kappa shape index (κ1) is 15.9. The molecule has 4 aromatic rings. The van der Waals surface area contributed by atoms with Gasteiger partial charge in [-0.25, -0.2) is 9.69 Å². The highest BCUT2D eigenvalue weighted by atomic mass is 16.6. The lowest BCUT2D eigenvalue weighted by Gasteiger charge is -2.23. The minimum atomic E-state index is -0.446. The monoisotopic (exact) mass is 339 g/mol. The molecule has 0 aliphatic rings. The van der Waals surface area contributed by atoms with E-state index in [1.54, 1.807) is 17.0 Å². The largest absolute Gasteiger partial charge is 0.424 e. The Morgan fingerprint density at radius 2 is 1.27 bits per heavy atom. The summed E-state index contributed by atoms with van der Waals surface area (Å²) < 4.78 is 5.62. The Morgan fingerprint density at radius 1 is 0.654 bits per heavy atom. The Morgan fingerprint density at radius 3 is 2.04 bits per heavy atom. The zero-order valence-electron chi connectivity index (χ0n) is 14.1. The highest BCUT2D eigenvalue weighted by Gasteiger charge is 2.22. The highest BCUT2D eigenvalue weighted by Crippen LogP contribution is 2.33. The van der Waals surface area contributed by atoms with Crippen LogP contribution in [0.4, 0.5) is 16.2 Å². The fourth-order valence-corrected chi connectivity index (χ4v) is 2.96. The standard InChI is InChI=1S/C23H17NO2/c25-23(26-20-14-5-2-6-15-20)24(19-12-3-1-4-13-19)22-17-9-11-18-10-7-8-16-21(18)22/h1-17H. The molecule has 0 radical (unpaired) electrons. The molecule has 0 saturated carbocycles. The number of rotatable bonds is 3. The van der Waals surface area contributed by atoms with E-state index in [4.69, 9.17) is 4.74 Å². The lowest BCUT2D eigenvalue weighted by molar-refractivity contribution is 0.210. The number of carbonyl (C=O) groups is 1. The molecule has 0 atom stereocenters. The van der Waals surface area contributed by atoms with Gasteiger partial charge in [0.25, 0.3) is 0 Å². The summed E-state index contributed by atoms with van der Waals surface area (Å²) in [6, 6.07) is 32.5. The van der Waals surface area contributed by atoms with Gasteiger partial charge < -0.3 is 4.74 Å². The molecular weight excluding hydrogens is 322 g/mol. The Hall–Kier alpha value is -3.59. The minimum Gasteiger partial charge on any atom is -0.410 e. The average molecular weight is 339 g/mol. The molecule has 0 fully saturated rings. The van der Waals surface area contributed by atoms with Gasteiger partial charge >= 0.3 is 6.09 Å². The van der Waals surface area contributed by atoms with E-state index in [-0.39, 0.29) is 0 Å². The van der Waals surface area contributed by atoms with Gasteiger partial charge in [0.15, 0.2) is 0 Å². The summed E-state index contributed by atoms with van der Waals surface area (Å²) in [7, 11) is 0. The predicted octanol–water partition coefficient (Wildman–Crippen LogP) is 6.18. The first-order valence-electron chi connectivity index (χ1n) is 8.43. The molecule has 26 heavy (non-hydrogen) atoms. The van der Waals surface area contributed by atoms with Crippen molar-refractivity contribution in [3.63, 3.8) is 0 Å². The number of nitrogens with zero attached hydrogens (tertiary/aromatic N) is 1. The van der Waals surface area contributed by atoms with Crippen molar-refractivity contribution < 1.29 is 9.53 Å². The number of ether oxygens (including phenoxy) is 1. The van der Waals surface area contributed by atoms with Gasteiger partial charge in [0, 0.05) is 5.39 Å². The second kappa shape index (κ2) is 7.11. The highest BCUT2D eigenvalue weighted by molar-refractivity contribution is 6.06. The molecule has 3 heteroatoms. The smallest absolute Gasteiger partial charge is 0.410 e. The van der Waals surface area contributed by atoms with Crippen LogP contribution < -0.4 is 9.64 Å². The normalized spacial score (nSPS) is 10.5. The molecule has 4 rings (SSSR count). The average Bonchev–Trinajstić information content (AvgIpc) is 2.70. The summed E-state index contributed by atoms with van der Waals surface area (Å²) in [5.41, 5.74) is 1.54. The number of hydrogen-bond donors (Lipinski definition) is 0. The molecule has 0 aromatic heterocycles. The van der Waals surface area contributed by atoms with Crippen LogP contribution >= 0.6 is 0 Å². The van der Waals surface area contributed by atoms with Gasteiger partial charge in [-0.3, -0.25) is 0 Å². The fourth-order valence-electron chi connectivity index (χ4n) is 2.96. The van der Waals surface area contributed by atoms with E-state index in [0.717, 1.165) is 22.1 Å². The number of amides is 1. The zero-order chi connectivity index (χ0) is 17.8. The van der Waals surface area contributed by atoms with Gasteiger partial charge in [0.1, 0.15) is 5.75 Å². The summed E-state index contributed by atoms with van der Waals surface area (Å²) >= 11 is 0. The van der Waals surface area contributed by atoms with Crippen LogP contribution in [0.5, 0.6) is 5.75 Å². The van der Waals surface area contributed by atoms with Crippen LogP contribution in [0.2, 0.25) is 0 Å². The second-order valence-electron chi connectivity index (χ2n) is 5.85. The fraction of sp³-hybridized carbons (Fsp3) is 0. The van der Waals surface area contributed by atoms with Crippen LogP contribution in [0.25, 0.3) is 10.8 Å². The van der Waals surface area contributed by atoms with Crippen molar-refractivity contribution in [2.75, 3.05) is 4.90 Å². The molecule has 0 heterocycles. The molecule has 0 unspecified atom stereocenters. The quantitative estimate of drug-likeness (QED) is 0.446. The molecule has 4 aromatic carbocycles. The summed E-state index contributed by atoms with van der Waals surface area (Å²) in [4.78, 5) is 14.7. The number of para-hydroxylation sites is 2. The molecule has 0 spiro atoms. The van der Waals surface area contributed by atoms with E-state index in [1.165, 1.54) is 0 Å². The number of fused-ring (bicyclic) bond motifs is 1. The molecule has 1 amide bonds. The van der Waals surface area contributed by atoms with Gasteiger partial charge in [0.2, 0.25) is 0 Å². The van der Waals surface area contributed by atoms with Gasteiger partial charge in [-0.1, -0.05) is 72.8 Å². The van der Waals surface area contributed by atoms with Crippen molar-refractivity contribution in [1.82, 2.24) is 0 Å². The van der Waals surface area contributed by atoms with Crippen LogP contribution in [0, 0.1) is 0 Å². The maximum atomic E-state index is 13.1. The molecule has 0 saturated heterocycles. The van der Waals surface area contributed by atoms with Crippen molar-refractivity contribution in [3.05, 3.63) is 103 Å². The Kier molecular flexibility index (Phi) is 4.35. The number of anilines is 2. The third kappa shape index (κ3) is 3.15. The van der Waals surface area contributed by atoms with Gasteiger partial charge in [-0.05, 0) is 35.7 Å². The van der Waals surface area contributed by atoms with Crippen molar-refractivity contribution >= 4 is 28.2 Å². The van der Waals surface area contributed by atoms with Gasteiger partial charge in [-0.2, -0.15) is 0 Å². The van der Waals surface area contributed by atoms with E-state index in [2.05, 4.69) is 0 Å². The maximum absolute atomic E-state index is 13.1. The van der Waals surface area contributed by atoms with E-state index in [1.807, 2.05) is 91.0 Å². The van der Waals surface area contributed by atoms with E-state index >= 15 is 0 Å². The first-order chi connectivity index (χ1) is 12.8. The Bertz CT molecular complexity index is 1020. The van der Waals surface area contributed by atoms with E-state index in [0.29, 0.717) is 5.75 Å². The minimum absolute atomic E-state index is 0.446. The van der Waals surface area contributed by atoms with Crippen molar-refractivity contribution in [2.45, 2.75) is 0 Å². The Balaban J connectivity index is 1.82. The summed E-state index contributed by atoms with van der Waals surface area (Å²) in [6.45, 7) is 0. The molecule has 3 nitrogen and oxygen atoms in total. The van der Waals surface area contributed by atoms with Crippen LogP contribution in [-0.4, -0.2) is 6.09 Å². The first-order valence-corrected chi connectivity index (χ1v) is 8.43. The lowest BCUT2D eigenvalue weighted by Crippen LogP contribution is -2.29. The molecule has 0 aliphatic heterocycles. The Labute approximate surface area is 152 Å². The summed E-state index contributed by atoms with van der Waals surface area (Å²) in [6.07, 6.45) is -0.446. The number of benzene rings is 4. The maximum Gasteiger partial charge on any atom is 0.424 e. The zero-order valence-corrected chi connectivity index (χ0v) is 14.1. The molecule has 126 valence electrons. The van der Waals surface area contributed by atoms with Gasteiger partial charge in [-0.15, -0.1) is 0 Å². The third-order valence-corrected chi connectivity index (χ3v) is 4.15. The van der Waals surface area contributed by atoms with Crippen molar-refractivity contribution in [2.24, 2.45) is 0 Å². The molecule has 0 N–H and O–H groups in total. The summed E-state index contributed by atoms with van der Waals surface area (Å²) in [5, 5.41) is 2.06. The molecular formula is C23H17NO2. The van der Waals surface area contributed by atoms with E-state index < -0.39 is 6.09 Å². The molecule has 0 bridgehead atoms. The lowest BCUT2D eigenvalue weighted by atomic mass is 10.1. The topological polar surface area (TPSA) is 29.5 Å². The van der Waals surface area contributed by atoms with Crippen molar-refractivity contribution in [3.8, 4) is 5.75 Å². The van der Waals surface area contributed by atoms with Crippen LogP contribution in [0.1, 0.15) is 0 Å². The van der Waals surface area contributed by atoms with Gasteiger partial charge in [0.05, 0.1) is 11.4 Å². The number of hydrogen-bond acceptors (Lipinski definition) is 2. The van der Waals surface area contributed by atoms with Crippen LogP contribution in [0.3, 0.4) is 0 Å². The van der Waals surface area contributed by atoms with Crippen LogP contribution in [0.15, 0.2) is 103 Å².